The predicted molar refractivity (Wildman–Crippen MR) is 87.2 cm³/mol. The number of hydrogen-bond donors (Lipinski definition) is 2. The van der Waals surface area contributed by atoms with Crippen LogP contribution in [0.4, 0.5) is 5.69 Å². The van der Waals surface area contributed by atoms with E-state index in [0.29, 0.717) is 10.1 Å². The molecule has 0 amide bonds. The van der Waals surface area contributed by atoms with Crippen LogP contribution in [0.5, 0.6) is 0 Å². The Morgan fingerprint density at radius 1 is 1.45 bits per heavy atom. The molecule has 2 rings (SSSR count). The van der Waals surface area contributed by atoms with E-state index in [4.69, 9.17) is 23.8 Å². The lowest BCUT2D eigenvalue weighted by atomic mass is 10.1. The number of hydrogen-bond acceptors (Lipinski definition) is 2. The second-order valence-corrected chi connectivity index (χ2v) is 5.48. The molecule has 0 bridgehead atoms. The van der Waals surface area contributed by atoms with Crippen LogP contribution in [0, 0.1) is 6.92 Å². The van der Waals surface area contributed by atoms with Crippen molar-refractivity contribution in [1.29, 1.82) is 0 Å². The third-order valence-electron chi connectivity index (χ3n) is 3.17. The van der Waals surface area contributed by atoms with Gasteiger partial charge >= 0.3 is 0 Å². The first kappa shape index (κ1) is 14.8. The maximum Gasteiger partial charge on any atom is 0.171 e. The first-order chi connectivity index (χ1) is 9.47. The van der Waals surface area contributed by atoms with Gasteiger partial charge in [-0.3, -0.25) is 4.68 Å². The van der Waals surface area contributed by atoms with Crippen molar-refractivity contribution in [3.05, 3.63) is 46.7 Å². The topological polar surface area (TPSA) is 41.9 Å². The highest BCUT2D eigenvalue weighted by atomic mass is 35.5. The summed E-state index contributed by atoms with van der Waals surface area (Å²) in [5.74, 6) is 0. The SMILES string of the molecule is Cc1c(C(C)NC(=S)Nc2cccc(Cl)c2)cnn1C. The molecule has 20 heavy (non-hydrogen) atoms. The molecule has 0 spiro atoms. The zero-order valence-corrected chi connectivity index (χ0v) is 13.2. The Bertz CT molecular complexity index is 623. The fourth-order valence-electron chi connectivity index (χ4n) is 1.95. The van der Waals surface area contributed by atoms with Crippen LogP contribution in [0.3, 0.4) is 0 Å². The highest BCUT2D eigenvalue weighted by molar-refractivity contribution is 7.80. The minimum atomic E-state index is 0.0860. The standard InChI is InChI=1S/C14H17ClN4S/c1-9(13-8-16-19(3)10(13)2)17-14(20)18-12-6-4-5-11(15)7-12/h4-9H,1-3H3,(H2,17,18,20). The van der Waals surface area contributed by atoms with E-state index in [-0.39, 0.29) is 6.04 Å². The Hall–Kier alpha value is -1.59. The van der Waals surface area contributed by atoms with Crippen molar-refractivity contribution in [3.8, 4) is 0 Å². The van der Waals surface area contributed by atoms with Gasteiger partial charge in [0.1, 0.15) is 0 Å². The highest BCUT2D eigenvalue weighted by Gasteiger charge is 2.12. The molecule has 106 valence electrons. The summed E-state index contributed by atoms with van der Waals surface area (Å²) in [6.45, 7) is 4.09. The van der Waals surface area contributed by atoms with Gasteiger partial charge in [0.05, 0.1) is 12.2 Å². The first-order valence-electron chi connectivity index (χ1n) is 6.29. The number of rotatable bonds is 3. The van der Waals surface area contributed by atoms with Gasteiger partial charge in [0.25, 0.3) is 0 Å². The van der Waals surface area contributed by atoms with Crippen LogP contribution in [-0.4, -0.2) is 14.9 Å². The van der Waals surface area contributed by atoms with Crippen LogP contribution >= 0.6 is 23.8 Å². The molecule has 0 aliphatic rings. The Morgan fingerprint density at radius 3 is 2.80 bits per heavy atom. The van der Waals surface area contributed by atoms with Gasteiger partial charge < -0.3 is 10.6 Å². The number of aryl methyl sites for hydroxylation is 1. The molecule has 2 aromatic rings. The van der Waals surface area contributed by atoms with Crippen LogP contribution in [0.25, 0.3) is 0 Å². The van der Waals surface area contributed by atoms with Gasteiger partial charge in [0, 0.05) is 29.0 Å². The maximum atomic E-state index is 5.94. The molecule has 1 heterocycles. The third kappa shape index (κ3) is 3.49. The van der Waals surface area contributed by atoms with E-state index in [1.54, 1.807) is 0 Å². The van der Waals surface area contributed by atoms with Gasteiger partial charge in [-0.05, 0) is 44.3 Å². The summed E-state index contributed by atoms with van der Waals surface area (Å²) >= 11 is 11.3. The van der Waals surface area contributed by atoms with Crippen molar-refractivity contribution in [1.82, 2.24) is 15.1 Å². The average Bonchev–Trinajstić information content (AvgIpc) is 2.69. The van der Waals surface area contributed by atoms with Crippen LogP contribution in [-0.2, 0) is 7.05 Å². The van der Waals surface area contributed by atoms with Crippen LogP contribution in [0.2, 0.25) is 5.02 Å². The summed E-state index contributed by atoms with van der Waals surface area (Å²) in [6.07, 6.45) is 1.86. The molecule has 1 unspecified atom stereocenters. The molecule has 1 atom stereocenters. The lowest BCUT2D eigenvalue weighted by Crippen LogP contribution is -2.31. The summed E-state index contributed by atoms with van der Waals surface area (Å²) in [5, 5.41) is 11.8. The van der Waals surface area contributed by atoms with E-state index in [0.717, 1.165) is 16.9 Å². The third-order valence-corrected chi connectivity index (χ3v) is 3.62. The smallest absolute Gasteiger partial charge is 0.171 e. The van der Waals surface area contributed by atoms with Crippen LogP contribution < -0.4 is 10.6 Å². The van der Waals surface area contributed by atoms with Gasteiger partial charge in [-0.2, -0.15) is 5.10 Å². The van der Waals surface area contributed by atoms with E-state index < -0.39 is 0 Å². The lowest BCUT2D eigenvalue weighted by Gasteiger charge is -2.17. The zero-order chi connectivity index (χ0) is 14.7. The van der Waals surface area contributed by atoms with Gasteiger partial charge in [0.2, 0.25) is 0 Å². The largest absolute Gasteiger partial charge is 0.356 e. The molecule has 0 saturated heterocycles. The second kappa shape index (κ2) is 6.24. The maximum absolute atomic E-state index is 5.94. The molecule has 1 aromatic carbocycles. The van der Waals surface area contributed by atoms with Crippen molar-refractivity contribution in [2.75, 3.05) is 5.32 Å². The molecular formula is C14H17ClN4S. The quantitative estimate of drug-likeness (QED) is 0.853. The highest BCUT2D eigenvalue weighted by Crippen LogP contribution is 2.17. The Labute approximate surface area is 129 Å². The van der Waals surface area contributed by atoms with E-state index in [1.807, 2.05) is 49.1 Å². The van der Waals surface area contributed by atoms with Crippen molar-refractivity contribution >= 4 is 34.6 Å². The number of halogens is 1. The van der Waals surface area contributed by atoms with E-state index in [2.05, 4.69) is 22.7 Å². The van der Waals surface area contributed by atoms with E-state index in [1.165, 1.54) is 0 Å². The fourth-order valence-corrected chi connectivity index (χ4v) is 2.43. The number of thiocarbonyl (C=S) groups is 1. The predicted octanol–water partition coefficient (Wildman–Crippen LogP) is 3.43. The number of nitrogens with one attached hydrogen (secondary N) is 2. The molecule has 0 aliphatic carbocycles. The summed E-state index contributed by atoms with van der Waals surface area (Å²) in [7, 11) is 1.92. The van der Waals surface area contributed by atoms with Crippen molar-refractivity contribution < 1.29 is 0 Å². The molecular weight excluding hydrogens is 292 g/mol. The molecule has 2 N–H and O–H groups in total. The van der Waals surface area contributed by atoms with Crippen LogP contribution in [0.15, 0.2) is 30.5 Å². The molecule has 6 heteroatoms. The molecule has 0 fully saturated rings. The fraction of sp³-hybridized carbons (Fsp3) is 0.286. The number of aromatic nitrogens is 2. The summed E-state index contributed by atoms with van der Waals surface area (Å²) < 4.78 is 1.85. The lowest BCUT2D eigenvalue weighted by molar-refractivity contribution is 0.701. The summed E-state index contributed by atoms with van der Waals surface area (Å²) in [6, 6.07) is 7.53. The molecule has 4 nitrogen and oxygen atoms in total. The van der Waals surface area contributed by atoms with Gasteiger partial charge in [-0.25, -0.2) is 0 Å². The molecule has 1 aromatic heterocycles. The monoisotopic (exact) mass is 308 g/mol. The van der Waals surface area contributed by atoms with Gasteiger partial charge in [-0.1, -0.05) is 17.7 Å². The Balaban J connectivity index is 1.99. The zero-order valence-electron chi connectivity index (χ0n) is 11.6. The Morgan fingerprint density at radius 2 is 2.20 bits per heavy atom. The number of benzene rings is 1. The molecule has 0 aliphatic heterocycles. The number of nitrogens with zero attached hydrogens (tertiary/aromatic N) is 2. The first-order valence-corrected chi connectivity index (χ1v) is 7.07. The van der Waals surface area contributed by atoms with Gasteiger partial charge in [0.15, 0.2) is 5.11 Å². The average molecular weight is 309 g/mol. The summed E-state index contributed by atoms with van der Waals surface area (Å²) in [5.41, 5.74) is 3.11. The van der Waals surface area contributed by atoms with Crippen LogP contribution in [0.1, 0.15) is 24.2 Å². The van der Waals surface area contributed by atoms with Crippen molar-refractivity contribution in [2.24, 2.45) is 7.05 Å². The second-order valence-electron chi connectivity index (χ2n) is 4.64. The van der Waals surface area contributed by atoms with Gasteiger partial charge in [-0.15, -0.1) is 0 Å². The number of anilines is 1. The summed E-state index contributed by atoms with van der Waals surface area (Å²) in [4.78, 5) is 0. The minimum absolute atomic E-state index is 0.0860. The van der Waals surface area contributed by atoms with Crippen molar-refractivity contribution in [3.63, 3.8) is 0 Å². The normalized spacial score (nSPS) is 12.0. The molecule has 0 radical (unpaired) electrons. The van der Waals surface area contributed by atoms with E-state index >= 15 is 0 Å². The van der Waals surface area contributed by atoms with Crippen molar-refractivity contribution in [2.45, 2.75) is 19.9 Å². The van der Waals surface area contributed by atoms with E-state index in [9.17, 15) is 0 Å². The minimum Gasteiger partial charge on any atom is -0.356 e. The Kier molecular flexibility index (Phi) is 4.62. The molecule has 0 saturated carbocycles.